The fourth-order valence-electron chi connectivity index (χ4n) is 3.36. The van der Waals surface area contributed by atoms with E-state index in [1.165, 1.54) is 6.26 Å². The van der Waals surface area contributed by atoms with Crippen LogP contribution in [0, 0.1) is 6.92 Å². The molecule has 0 N–H and O–H groups in total. The first kappa shape index (κ1) is 20.7. The van der Waals surface area contributed by atoms with Crippen LogP contribution in [0.3, 0.4) is 0 Å². The van der Waals surface area contributed by atoms with E-state index in [1.54, 1.807) is 24.3 Å². The number of imidazole rings is 1. The minimum atomic E-state index is -3.28. The molecule has 30 heavy (non-hydrogen) atoms. The summed E-state index contributed by atoms with van der Waals surface area (Å²) in [6, 6.07) is 21.8. The first-order valence-electron chi connectivity index (χ1n) is 9.16. The first-order valence-corrected chi connectivity index (χ1v) is 11.8. The minimum absolute atomic E-state index is 0.268. The van der Waals surface area contributed by atoms with Crippen LogP contribution in [0.5, 0.6) is 0 Å². The molecule has 0 spiro atoms. The van der Waals surface area contributed by atoms with Crippen molar-refractivity contribution < 1.29 is 8.42 Å². The SMILES string of the molecule is Cc1nc(-c2ccc(Cl)cc2)n(-c2ccc(S(C)(=O)=O)cc2)c1-c1ccc(Cl)cc1. The molecular formula is C23H18Cl2N2O2S. The molecule has 0 unspecified atom stereocenters. The quantitative estimate of drug-likeness (QED) is 0.365. The number of sulfone groups is 1. The van der Waals surface area contributed by atoms with E-state index >= 15 is 0 Å². The number of benzene rings is 3. The molecule has 0 bridgehead atoms. The zero-order valence-corrected chi connectivity index (χ0v) is 18.6. The number of hydrogen-bond acceptors (Lipinski definition) is 3. The lowest BCUT2D eigenvalue weighted by atomic mass is 10.1. The summed E-state index contributed by atoms with van der Waals surface area (Å²) in [6.07, 6.45) is 1.20. The number of aryl methyl sites for hydroxylation is 1. The van der Waals surface area contributed by atoms with Crippen LogP contribution in [0.2, 0.25) is 10.0 Å². The van der Waals surface area contributed by atoms with Gasteiger partial charge in [-0.2, -0.15) is 0 Å². The molecule has 0 saturated carbocycles. The lowest BCUT2D eigenvalue weighted by Crippen LogP contribution is -2.02. The van der Waals surface area contributed by atoms with E-state index in [2.05, 4.69) is 0 Å². The van der Waals surface area contributed by atoms with Gasteiger partial charge in [0.05, 0.1) is 16.3 Å². The maximum Gasteiger partial charge on any atom is 0.175 e. The summed E-state index contributed by atoms with van der Waals surface area (Å²) in [4.78, 5) is 5.09. The fourth-order valence-corrected chi connectivity index (χ4v) is 4.24. The van der Waals surface area contributed by atoms with Crippen molar-refractivity contribution in [3.05, 3.63) is 88.5 Å². The van der Waals surface area contributed by atoms with Crippen molar-refractivity contribution in [2.75, 3.05) is 6.26 Å². The van der Waals surface area contributed by atoms with E-state index in [9.17, 15) is 8.42 Å². The second-order valence-corrected chi connectivity index (χ2v) is 9.87. The Morgan fingerprint density at radius 1 is 0.767 bits per heavy atom. The Hall–Kier alpha value is -2.60. The standard InChI is InChI=1S/C23H18Cl2N2O2S/c1-15-22(16-3-7-18(24)8-4-16)27(20-11-13-21(14-12-20)30(2,28)29)23(26-15)17-5-9-19(25)10-6-17/h3-14H,1-2H3. The van der Waals surface area contributed by atoms with Crippen LogP contribution in [-0.4, -0.2) is 24.2 Å². The van der Waals surface area contributed by atoms with Crippen LogP contribution in [0.25, 0.3) is 28.3 Å². The summed E-state index contributed by atoms with van der Waals surface area (Å²) in [5, 5.41) is 1.29. The van der Waals surface area contributed by atoms with E-state index in [0.717, 1.165) is 34.0 Å². The molecular weight excluding hydrogens is 439 g/mol. The lowest BCUT2D eigenvalue weighted by Gasteiger charge is -2.14. The number of nitrogens with zero attached hydrogens (tertiary/aromatic N) is 2. The van der Waals surface area contributed by atoms with Gasteiger partial charge in [-0.1, -0.05) is 35.3 Å². The molecule has 1 aromatic heterocycles. The first-order chi connectivity index (χ1) is 14.2. The molecule has 0 aliphatic heterocycles. The molecule has 0 radical (unpaired) electrons. The predicted molar refractivity (Wildman–Crippen MR) is 122 cm³/mol. The van der Waals surface area contributed by atoms with Crippen molar-refractivity contribution in [2.45, 2.75) is 11.8 Å². The van der Waals surface area contributed by atoms with Gasteiger partial charge in [-0.25, -0.2) is 13.4 Å². The van der Waals surface area contributed by atoms with E-state index in [1.807, 2.05) is 60.0 Å². The zero-order chi connectivity index (χ0) is 21.5. The second-order valence-electron chi connectivity index (χ2n) is 6.98. The van der Waals surface area contributed by atoms with Crippen LogP contribution in [0.1, 0.15) is 5.69 Å². The highest BCUT2D eigenvalue weighted by atomic mass is 35.5. The Balaban J connectivity index is 1.97. The molecule has 4 rings (SSSR count). The molecule has 7 heteroatoms. The summed E-state index contributed by atoms with van der Waals surface area (Å²) in [5.41, 5.74) is 4.41. The van der Waals surface area contributed by atoms with Crippen LogP contribution in [0.15, 0.2) is 77.7 Å². The number of aromatic nitrogens is 2. The van der Waals surface area contributed by atoms with Crippen molar-refractivity contribution in [2.24, 2.45) is 0 Å². The van der Waals surface area contributed by atoms with Crippen molar-refractivity contribution in [1.29, 1.82) is 0 Å². The molecule has 0 saturated heterocycles. The molecule has 4 aromatic rings. The van der Waals surface area contributed by atoms with Gasteiger partial charge in [0.1, 0.15) is 5.82 Å². The van der Waals surface area contributed by atoms with Gasteiger partial charge >= 0.3 is 0 Å². The number of hydrogen-bond donors (Lipinski definition) is 0. The Bertz CT molecular complexity index is 1310. The Kier molecular flexibility index (Phi) is 5.45. The smallest absolute Gasteiger partial charge is 0.175 e. The van der Waals surface area contributed by atoms with Gasteiger partial charge in [0.15, 0.2) is 9.84 Å². The molecule has 152 valence electrons. The van der Waals surface area contributed by atoms with Crippen LogP contribution >= 0.6 is 23.2 Å². The zero-order valence-electron chi connectivity index (χ0n) is 16.3. The van der Waals surface area contributed by atoms with E-state index in [-0.39, 0.29) is 4.90 Å². The van der Waals surface area contributed by atoms with Crippen LogP contribution in [-0.2, 0) is 9.84 Å². The Morgan fingerprint density at radius 2 is 1.27 bits per heavy atom. The van der Waals surface area contributed by atoms with Gasteiger partial charge in [0, 0.05) is 33.1 Å². The minimum Gasteiger partial charge on any atom is -0.292 e. The van der Waals surface area contributed by atoms with Crippen LogP contribution in [0.4, 0.5) is 0 Å². The third-order valence-electron chi connectivity index (χ3n) is 4.79. The topological polar surface area (TPSA) is 52.0 Å². The highest BCUT2D eigenvalue weighted by molar-refractivity contribution is 7.90. The molecule has 4 nitrogen and oxygen atoms in total. The van der Waals surface area contributed by atoms with Crippen molar-refractivity contribution in [3.63, 3.8) is 0 Å². The van der Waals surface area contributed by atoms with E-state index in [0.29, 0.717) is 10.0 Å². The van der Waals surface area contributed by atoms with Gasteiger partial charge in [0.25, 0.3) is 0 Å². The monoisotopic (exact) mass is 456 g/mol. The van der Waals surface area contributed by atoms with Crippen LogP contribution < -0.4 is 0 Å². The molecule has 1 heterocycles. The van der Waals surface area contributed by atoms with Gasteiger partial charge in [-0.3, -0.25) is 4.57 Å². The fraction of sp³-hybridized carbons (Fsp3) is 0.0870. The molecule has 0 aliphatic carbocycles. The maximum absolute atomic E-state index is 11.9. The highest BCUT2D eigenvalue weighted by Crippen LogP contribution is 2.34. The average molecular weight is 457 g/mol. The van der Waals surface area contributed by atoms with Gasteiger partial charge in [-0.05, 0) is 67.6 Å². The van der Waals surface area contributed by atoms with E-state index < -0.39 is 9.84 Å². The summed E-state index contributed by atoms with van der Waals surface area (Å²) in [5.74, 6) is 0.737. The number of halogens is 2. The lowest BCUT2D eigenvalue weighted by molar-refractivity contribution is 0.602. The largest absolute Gasteiger partial charge is 0.292 e. The van der Waals surface area contributed by atoms with Gasteiger partial charge in [0.2, 0.25) is 0 Å². The summed E-state index contributed by atoms with van der Waals surface area (Å²) < 4.78 is 25.8. The summed E-state index contributed by atoms with van der Waals surface area (Å²) in [6.45, 7) is 1.95. The molecule has 0 amide bonds. The normalized spacial score (nSPS) is 11.6. The summed E-state index contributed by atoms with van der Waals surface area (Å²) >= 11 is 12.1. The average Bonchev–Trinajstić information content (AvgIpc) is 3.06. The van der Waals surface area contributed by atoms with Crippen molar-refractivity contribution >= 4 is 33.0 Å². The summed E-state index contributed by atoms with van der Waals surface area (Å²) in [7, 11) is -3.28. The Labute approximate surface area is 185 Å². The Morgan fingerprint density at radius 3 is 1.77 bits per heavy atom. The molecule has 0 aliphatic rings. The molecule has 0 fully saturated rings. The third kappa shape index (κ3) is 4.01. The van der Waals surface area contributed by atoms with E-state index in [4.69, 9.17) is 28.2 Å². The van der Waals surface area contributed by atoms with Gasteiger partial charge in [-0.15, -0.1) is 0 Å². The molecule has 0 atom stereocenters. The molecule has 3 aromatic carbocycles. The second kappa shape index (κ2) is 7.91. The number of rotatable bonds is 4. The van der Waals surface area contributed by atoms with Crippen molar-refractivity contribution in [1.82, 2.24) is 9.55 Å². The van der Waals surface area contributed by atoms with Gasteiger partial charge < -0.3 is 0 Å². The predicted octanol–water partition coefficient (Wildman–Crippen LogP) is 6.23. The third-order valence-corrected chi connectivity index (χ3v) is 6.43. The van der Waals surface area contributed by atoms with Crippen molar-refractivity contribution in [3.8, 4) is 28.3 Å². The maximum atomic E-state index is 11.9. The highest BCUT2D eigenvalue weighted by Gasteiger charge is 2.19.